The monoisotopic (exact) mass is 296 g/mol. The van der Waals surface area contributed by atoms with Crippen molar-refractivity contribution in [1.82, 2.24) is 10.2 Å². The van der Waals surface area contributed by atoms with E-state index in [4.69, 9.17) is 4.74 Å². The SMILES string of the molecule is CC(C)(C)OC(=O)N1CCCC1C(=O)NC1CCCCC1. The summed E-state index contributed by atoms with van der Waals surface area (Å²) in [6, 6.07) is -0.0749. The summed E-state index contributed by atoms with van der Waals surface area (Å²) in [7, 11) is 0. The molecule has 2 fully saturated rings. The van der Waals surface area contributed by atoms with Crippen molar-refractivity contribution in [1.29, 1.82) is 0 Å². The summed E-state index contributed by atoms with van der Waals surface area (Å²) in [5, 5.41) is 3.12. The second kappa shape index (κ2) is 6.67. The summed E-state index contributed by atoms with van der Waals surface area (Å²) >= 11 is 0. The van der Waals surface area contributed by atoms with Crippen LogP contribution in [0.25, 0.3) is 0 Å². The van der Waals surface area contributed by atoms with Gasteiger partial charge in [0.15, 0.2) is 0 Å². The van der Waals surface area contributed by atoms with Crippen LogP contribution in [0.3, 0.4) is 0 Å². The van der Waals surface area contributed by atoms with Crippen LogP contribution in [0.5, 0.6) is 0 Å². The minimum absolute atomic E-state index is 0.00902. The van der Waals surface area contributed by atoms with Crippen molar-refractivity contribution in [3.05, 3.63) is 0 Å². The highest BCUT2D eigenvalue weighted by molar-refractivity contribution is 5.86. The molecule has 1 saturated carbocycles. The standard InChI is InChI=1S/C16H28N2O3/c1-16(2,3)21-15(20)18-11-7-10-13(18)14(19)17-12-8-5-4-6-9-12/h12-13H,4-11H2,1-3H3,(H,17,19). The zero-order chi connectivity index (χ0) is 15.5. The Bertz CT molecular complexity index is 383. The highest BCUT2D eigenvalue weighted by Crippen LogP contribution is 2.22. The molecule has 0 radical (unpaired) electrons. The molecule has 1 aliphatic heterocycles. The number of carbonyl (C=O) groups is 2. The molecule has 0 aromatic carbocycles. The molecular weight excluding hydrogens is 268 g/mol. The molecule has 2 aliphatic rings. The number of nitrogens with zero attached hydrogens (tertiary/aromatic N) is 1. The molecule has 5 heteroatoms. The Morgan fingerprint density at radius 1 is 1.05 bits per heavy atom. The molecule has 0 bridgehead atoms. The lowest BCUT2D eigenvalue weighted by molar-refractivity contribution is -0.126. The molecule has 5 nitrogen and oxygen atoms in total. The predicted octanol–water partition coefficient (Wildman–Crippen LogP) is 2.83. The van der Waals surface area contributed by atoms with Gasteiger partial charge in [-0.2, -0.15) is 0 Å². The van der Waals surface area contributed by atoms with Gasteiger partial charge in [-0.05, 0) is 46.5 Å². The summed E-state index contributed by atoms with van der Waals surface area (Å²) in [4.78, 5) is 26.2. The van der Waals surface area contributed by atoms with Gasteiger partial charge in [0.05, 0.1) is 0 Å². The van der Waals surface area contributed by atoms with Crippen molar-refractivity contribution < 1.29 is 14.3 Å². The lowest BCUT2D eigenvalue weighted by Gasteiger charge is -2.30. The molecule has 0 spiro atoms. The molecule has 0 aromatic heterocycles. The average molecular weight is 296 g/mol. The first-order chi connectivity index (χ1) is 9.87. The van der Waals surface area contributed by atoms with Crippen LogP contribution in [0.1, 0.15) is 65.7 Å². The summed E-state index contributed by atoms with van der Waals surface area (Å²) < 4.78 is 5.40. The molecule has 1 saturated heterocycles. The van der Waals surface area contributed by atoms with Crippen molar-refractivity contribution in [2.75, 3.05) is 6.54 Å². The third-order valence-corrected chi connectivity index (χ3v) is 4.14. The first-order valence-electron chi connectivity index (χ1n) is 8.17. The third-order valence-electron chi connectivity index (χ3n) is 4.14. The average Bonchev–Trinajstić information content (AvgIpc) is 2.87. The Hall–Kier alpha value is -1.26. The number of nitrogens with one attached hydrogen (secondary N) is 1. The molecule has 1 atom stereocenters. The second-order valence-electron chi connectivity index (χ2n) is 7.18. The van der Waals surface area contributed by atoms with Gasteiger partial charge in [-0.1, -0.05) is 19.3 Å². The number of ether oxygens (including phenoxy) is 1. The highest BCUT2D eigenvalue weighted by atomic mass is 16.6. The fraction of sp³-hybridized carbons (Fsp3) is 0.875. The van der Waals surface area contributed by atoms with Crippen molar-refractivity contribution in [3.63, 3.8) is 0 Å². The van der Waals surface area contributed by atoms with Crippen LogP contribution in [-0.2, 0) is 9.53 Å². The zero-order valence-electron chi connectivity index (χ0n) is 13.5. The van der Waals surface area contributed by atoms with Gasteiger partial charge in [0.25, 0.3) is 0 Å². The van der Waals surface area contributed by atoms with Gasteiger partial charge in [0.2, 0.25) is 5.91 Å². The molecule has 1 heterocycles. The Kier molecular flexibility index (Phi) is 5.12. The fourth-order valence-corrected chi connectivity index (χ4v) is 3.12. The summed E-state index contributed by atoms with van der Waals surface area (Å²) in [6.07, 6.45) is 6.98. The van der Waals surface area contributed by atoms with E-state index in [-0.39, 0.29) is 24.1 Å². The normalized spacial score (nSPS) is 24.0. The van der Waals surface area contributed by atoms with E-state index in [1.807, 2.05) is 20.8 Å². The number of amides is 2. The van der Waals surface area contributed by atoms with Crippen molar-refractivity contribution >= 4 is 12.0 Å². The molecular formula is C16H28N2O3. The van der Waals surface area contributed by atoms with E-state index in [9.17, 15) is 9.59 Å². The van der Waals surface area contributed by atoms with Crippen molar-refractivity contribution in [2.45, 2.75) is 83.4 Å². The lowest BCUT2D eigenvalue weighted by atomic mass is 9.95. The van der Waals surface area contributed by atoms with E-state index in [1.54, 1.807) is 4.90 Å². The van der Waals surface area contributed by atoms with E-state index >= 15 is 0 Å². The number of likely N-dealkylation sites (tertiary alicyclic amines) is 1. The Morgan fingerprint density at radius 3 is 2.33 bits per heavy atom. The number of carbonyl (C=O) groups excluding carboxylic acids is 2. The number of rotatable bonds is 2. The van der Waals surface area contributed by atoms with Gasteiger partial charge in [-0.3, -0.25) is 9.69 Å². The molecule has 2 amide bonds. The Morgan fingerprint density at radius 2 is 1.71 bits per heavy atom. The van der Waals surface area contributed by atoms with Gasteiger partial charge < -0.3 is 10.1 Å². The number of hydrogen-bond acceptors (Lipinski definition) is 3. The summed E-state index contributed by atoms with van der Waals surface area (Å²) in [5.41, 5.74) is -0.524. The molecule has 120 valence electrons. The van der Waals surface area contributed by atoms with Gasteiger partial charge in [0, 0.05) is 12.6 Å². The third kappa shape index (κ3) is 4.61. The second-order valence-corrected chi connectivity index (χ2v) is 7.18. The highest BCUT2D eigenvalue weighted by Gasteiger charge is 2.37. The van der Waals surface area contributed by atoms with Crippen molar-refractivity contribution in [2.24, 2.45) is 0 Å². The van der Waals surface area contributed by atoms with Crippen LogP contribution >= 0.6 is 0 Å². The van der Waals surface area contributed by atoms with Gasteiger partial charge >= 0.3 is 6.09 Å². The summed E-state index contributed by atoms with van der Waals surface area (Å²) in [5.74, 6) is -0.00902. The van der Waals surface area contributed by atoms with Crippen molar-refractivity contribution in [3.8, 4) is 0 Å². The Labute approximate surface area is 127 Å². The summed E-state index contributed by atoms with van der Waals surface area (Å²) in [6.45, 7) is 6.14. The first kappa shape index (κ1) is 16.1. The van der Waals surface area contributed by atoms with Gasteiger partial charge in [-0.25, -0.2) is 4.79 Å². The Balaban J connectivity index is 1.91. The quantitative estimate of drug-likeness (QED) is 0.852. The molecule has 1 N–H and O–H groups in total. The van der Waals surface area contributed by atoms with E-state index in [2.05, 4.69) is 5.32 Å². The molecule has 0 aromatic rings. The zero-order valence-corrected chi connectivity index (χ0v) is 13.5. The van der Waals surface area contributed by atoms with Crippen LogP contribution in [0.15, 0.2) is 0 Å². The fourth-order valence-electron chi connectivity index (χ4n) is 3.12. The minimum Gasteiger partial charge on any atom is -0.444 e. The van der Waals surface area contributed by atoms with Crippen LogP contribution in [0, 0.1) is 0 Å². The minimum atomic E-state index is -0.524. The van der Waals surface area contributed by atoms with Crippen LogP contribution < -0.4 is 5.32 Å². The van der Waals surface area contributed by atoms with Crippen LogP contribution in [0.2, 0.25) is 0 Å². The van der Waals surface area contributed by atoms with E-state index in [0.29, 0.717) is 6.54 Å². The molecule has 2 rings (SSSR count). The number of hydrogen-bond donors (Lipinski definition) is 1. The molecule has 21 heavy (non-hydrogen) atoms. The largest absolute Gasteiger partial charge is 0.444 e. The smallest absolute Gasteiger partial charge is 0.410 e. The maximum Gasteiger partial charge on any atom is 0.410 e. The predicted molar refractivity (Wildman–Crippen MR) is 81.0 cm³/mol. The topological polar surface area (TPSA) is 58.6 Å². The molecule has 1 unspecified atom stereocenters. The van der Waals surface area contributed by atoms with E-state index in [0.717, 1.165) is 25.7 Å². The maximum absolute atomic E-state index is 12.4. The lowest BCUT2D eigenvalue weighted by Crippen LogP contribution is -2.50. The van der Waals surface area contributed by atoms with Gasteiger partial charge in [0.1, 0.15) is 11.6 Å². The van der Waals surface area contributed by atoms with Crippen LogP contribution in [-0.4, -0.2) is 41.1 Å². The van der Waals surface area contributed by atoms with E-state index < -0.39 is 5.60 Å². The molecule has 1 aliphatic carbocycles. The van der Waals surface area contributed by atoms with Crippen LogP contribution in [0.4, 0.5) is 4.79 Å². The van der Waals surface area contributed by atoms with Gasteiger partial charge in [-0.15, -0.1) is 0 Å². The maximum atomic E-state index is 12.4. The first-order valence-corrected chi connectivity index (χ1v) is 8.17. The van der Waals surface area contributed by atoms with E-state index in [1.165, 1.54) is 19.3 Å².